The number of aliphatic imine (C=N–C) groups is 1. The minimum atomic E-state index is -0.0107. The van der Waals surface area contributed by atoms with Crippen LogP contribution in [0.25, 0.3) is 66.6 Å². The average molecular weight is 660 g/mol. The first-order valence-corrected chi connectivity index (χ1v) is 17.6. The third-order valence-corrected chi connectivity index (χ3v) is 10.1. The molecule has 0 saturated carbocycles. The van der Waals surface area contributed by atoms with Crippen LogP contribution in [0.15, 0.2) is 173 Å². The van der Waals surface area contributed by atoms with E-state index in [4.69, 9.17) is 14.4 Å². The molecule has 0 N–H and O–H groups in total. The van der Waals surface area contributed by atoms with E-state index in [0.29, 0.717) is 5.92 Å². The molecule has 4 nitrogen and oxygen atoms in total. The number of allylic oxidation sites excluding steroid dienone is 3. The first-order valence-electron chi connectivity index (χ1n) is 17.6. The van der Waals surface area contributed by atoms with Gasteiger partial charge in [-0.1, -0.05) is 110 Å². The van der Waals surface area contributed by atoms with Crippen LogP contribution in [0.5, 0.6) is 0 Å². The zero-order valence-corrected chi connectivity index (χ0v) is 28.7. The van der Waals surface area contributed by atoms with Crippen molar-refractivity contribution in [2.45, 2.75) is 19.4 Å². The number of benzene rings is 5. The lowest BCUT2D eigenvalue weighted by Gasteiger charge is -2.35. The van der Waals surface area contributed by atoms with E-state index in [1.54, 1.807) is 0 Å². The highest BCUT2D eigenvalue weighted by Crippen LogP contribution is 2.44. The normalized spacial score (nSPS) is 17.4. The molecule has 0 fully saturated rings. The van der Waals surface area contributed by atoms with Gasteiger partial charge < -0.3 is 9.32 Å². The number of hydrogen-bond acceptors (Lipinski definition) is 4. The van der Waals surface area contributed by atoms with Gasteiger partial charge in [-0.2, -0.15) is 0 Å². The predicted octanol–water partition coefficient (Wildman–Crippen LogP) is 11.7. The van der Waals surface area contributed by atoms with Gasteiger partial charge in [0.15, 0.2) is 0 Å². The molecule has 51 heavy (non-hydrogen) atoms. The molecule has 0 amide bonds. The first-order chi connectivity index (χ1) is 25.1. The molecule has 2 aromatic heterocycles. The second kappa shape index (κ2) is 12.9. The number of rotatable bonds is 6. The second-order valence-corrected chi connectivity index (χ2v) is 13.5. The van der Waals surface area contributed by atoms with Crippen LogP contribution in [0.1, 0.15) is 24.6 Å². The number of hydrogen-bond donors (Lipinski definition) is 0. The molecule has 0 aliphatic carbocycles. The standard InChI is InChI=1S/C47H37N3O/c1-31-22-23-42(49-30-31)44-29-37(28-43(50(44)2)41-20-9-10-24-48-41)34-17-11-18-35(25-34)38-19-12-21-45-46(38)40-27-36(32-13-5-3-6-14-32)26-39(47(40)51-45)33-15-7-4-8-16-33/h3-21,23-31,44H,22H2,1-2H3. The number of pyridine rings is 1. The van der Waals surface area contributed by atoms with Gasteiger partial charge in [0.25, 0.3) is 0 Å². The summed E-state index contributed by atoms with van der Waals surface area (Å²) < 4.78 is 6.75. The van der Waals surface area contributed by atoms with Crippen LogP contribution in [0.4, 0.5) is 0 Å². The molecule has 2 aliphatic rings. The van der Waals surface area contributed by atoms with Crippen molar-refractivity contribution >= 4 is 39.4 Å². The van der Waals surface area contributed by atoms with Crippen LogP contribution >= 0.6 is 0 Å². The highest BCUT2D eigenvalue weighted by Gasteiger charge is 2.27. The lowest BCUT2D eigenvalue weighted by Crippen LogP contribution is -2.33. The molecule has 0 saturated heterocycles. The predicted molar refractivity (Wildman–Crippen MR) is 212 cm³/mol. The van der Waals surface area contributed by atoms with Gasteiger partial charge in [-0.25, -0.2) is 0 Å². The van der Waals surface area contributed by atoms with Gasteiger partial charge in [0.1, 0.15) is 11.2 Å². The summed E-state index contributed by atoms with van der Waals surface area (Å²) in [5.41, 5.74) is 14.0. The summed E-state index contributed by atoms with van der Waals surface area (Å²) in [5, 5.41) is 2.23. The zero-order chi connectivity index (χ0) is 34.3. The lowest BCUT2D eigenvalue weighted by atomic mass is 9.90. The Morgan fingerprint density at radius 1 is 0.686 bits per heavy atom. The fourth-order valence-corrected chi connectivity index (χ4v) is 7.46. The average Bonchev–Trinajstić information content (AvgIpc) is 3.58. The van der Waals surface area contributed by atoms with E-state index >= 15 is 0 Å². The summed E-state index contributed by atoms with van der Waals surface area (Å²) in [7, 11) is 2.14. The Morgan fingerprint density at radius 3 is 2.20 bits per heavy atom. The Hall–Kier alpha value is -6.26. The smallest absolute Gasteiger partial charge is 0.143 e. The van der Waals surface area contributed by atoms with Crippen molar-refractivity contribution in [3.8, 4) is 33.4 Å². The summed E-state index contributed by atoms with van der Waals surface area (Å²) in [6.45, 7) is 2.21. The van der Waals surface area contributed by atoms with Crippen LogP contribution in [0.3, 0.4) is 0 Å². The Kier molecular flexibility index (Phi) is 7.78. The zero-order valence-electron chi connectivity index (χ0n) is 28.7. The highest BCUT2D eigenvalue weighted by molar-refractivity contribution is 6.16. The van der Waals surface area contributed by atoms with Gasteiger partial charge in [-0.15, -0.1) is 0 Å². The van der Waals surface area contributed by atoms with Gasteiger partial charge in [0.2, 0.25) is 0 Å². The Labute approximate surface area is 298 Å². The van der Waals surface area contributed by atoms with Crippen molar-refractivity contribution in [2.75, 3.05) is 7.05 Å². The van der Waals surface area contributed by atoms with Crippen LogP contribution in [-0.2, 0) is 0 Å². The largest absolute Gasteiger partial charge is 0.455 e. The number of fused-ring (bicyclic) bond motifs is 3. The van der Waals surface area contributed by atoms with Crippen LogP contribution in [0.2, 0.25) is 0 Å². The lowest BCUT2D eigenvalue weighted by molar-refractivity contribution is 0.436. The maximum atomic E-state index is 6.75. The molecular weight excluding hydrogens is 623 g/mol. The molecule has 0 bridgehead atoms. The maximum Gasteiger partial charge on any atom is 0.143 e. The van der Waals surface area contributed by atoms with Gasteiger partial charge >= 0.3 is 0 Å². The Bertz CT molecular complexity index is 2520. The number of furan rings is 1. The summed E-state index contributed by atoms with van der Waals surface area (Å²) >= 11 is 0. The Balaban J connectivity index is 1.21. The molecule has 9 rings (SSSR count). The third-order valence-electron chi connectivity index (χ3n) is 10.1. The summed E-state index contributed by atoms with van der Waals surface area (Å²) in [6, 6.07) is 47.1. The highest BCUT2D eigenvalue weighted by atomic mass is 16.3. The molecule has 4 heterocycles. The first kappa shape index (κ1) is 30.8. The number of likely N-dealkylation sites (N-methyl/N-ethyl adjacent to an activating group) is 1. The van der Waals surface area contributed by atoms with Crippen molar-refractivity contribution in [2.24, 2.45) is 10.9 Å². The van der Waals surface area contributed by atoms with Crippen molar-refractivity contribution < 1.29 is 4.42 Å². The monoisotopic (exact) mass is 659 g/mol. The number of aromatic nitrogens is 1. The summed E-state index contributed by atoms with van der Waals surface area (Å²) in [5.74, 6) is 0.447. The fraction of sp³-hybridized carbons (Fsp3) is 0.106. The van der Waals surface area contributed by atoms with E-state index < -0.39 is 0 Å². The SMILES string of the molecule is CC1C=NC(C2C=C(c3cccc(-c4cccc5oc6c(-c7ccccc7)cc(-c7ccccc7)cc6c45)c3)C=C(c3ccccn3)N2C)=CC1. The van der Waals surface area contributed by atoms with E-state index in [0.717, 1.165) is 84.4 Å². The van der Waals surface area contributed by atoms with Gasteiger partial charge in [0.05, 0.1) is 23.1 Å². The summed E-state index contributed by atoms with van der Waals surface area (Å²) in [6.07, 6.45) is 11.8. The maximum absolute atomic E-state index is 6.75. The molecule has 4 heteroatoms. The van der Waals surface area contributed by atoms with Gasteiger partial charge in [0, 0.05) is 35.8 Å². The van der Waals surface area contributed by atoms with Crippen molar-refractivity contribution in [3.05, 3.63) is 175 Å². The molecule has 0 spiro atoms. The van der Waals surface area contributed by atoms with Gasteiger partial charge in [-0.3, -0.25) is 9.98 Å². The number of nitrogens with zero attached hydrogens (tertiary/aromatic N) is 3. The molecule has 0 radical (unpaired) electrons. The van der Waals surface area contributed by atoms with E-state index in [2.05, 4.69) is 165 Å². The van der Waals surface area contributed by atoms with Gasteiger partial charge in [-0.05, 0) is 99.8 Å². The molecule has 2 atom stereocenters. The molecular formula is C47H37N3O. The molecule has 5 aromatic carbocycles. The van der Waals surface area contributed by atoms with E-state index in [-0.39, 0.29) is 6.04 Å². The fourth-order valence-electron chi connectivity index (χ4n) is 7.46. The van der Waals surface area contributed by atoms with Crippen molar-refractivity contribution in [3.63, 3.8) is 0 Å². The van der Waals surface area contributed by atoms with Crippen molar-refractivity contribution in [1.82, 2.24) is 9.88 Å². The van der Waals surface area contributed by atoms with E-state index in [1.165, 1.54) is 5.56 Å². The molecule has 7 aromatic rings. The minimum Gasteiger partial charge on any atom is -0.455 e. The van der Waals surface area contributed by atoms with Crippen LogP contribution in [-0.4, -0.2) is 29.2 Å². The summed E-state index contributed by atoms with van der Waals surface area (Å²) in [4.78, 5) is 12.0. The van der Waals surface area contributed by atoms with E-state index in [1.807, 2.05) is 18.3 Å². The molecule has 2 unspecified atom stereocenters. The van der Waals surface area contributed by atoms with E-state index in [9.17, 15) is 0 Å². The molecule has 246 valence electrons. The third kappa shape index (κ3) is 5.69. The molecule has 2 aliphatic heterocycles. The Morgan fingerprint density at radius 2 is 1.43 bits per heavy atom. The van der Waals surface area contributed by atoms with Crippen LogP contribution < -0.4 is 0 Å². The quantitative estimate of drug-likeness (QED) is 0.178. The topological polar surface area (TPSA) is 41.6 Å². The van der Waals surface area contributed by atoms with Crippen molar-refractivity contribution in [1.29, 1.82) is 0 Å². The minimum absolute atomic E-state index is 0.0107. The second-order valence-electron chi connectivity index (χ2n) is 13.5. The van der Waals surface area contributed by atoms with Crippen LogP contribution in [0, 0.1) is 5.92 Å².